The quantitative estimate of drug-likeness (QED) is 0.328. The van der Waals surface area contributed by atoms with Crippen molar-refractivity contribution in [2.24, 2.45) is 0 Å². The number of nitrogens with one attached hydrogen (secondary N) is 2. The summed E-state index contributed by atoms with van der Waals surface area (Å²) in [7, 11) is -3.59. The molecule has 10 nitrogen and oxygen atoms in total. The summed E-state index contributed by atoms with van der Waals surface area (Å²) in [6, 6.07) is 11.9. The van der Waals surface area contributed by atoms with E-state index in [1.165, 1.54) is 48.5 Å². The molecule has 1 amide bonds. The Morgan fingerprint density at radius 2 is 1.69 bits per heavy atom. The van der Waals surface area contributed by atoms with Gasteiger partial charge in [-0.15, -0.1) is 24.5 Å². The number of halogens is 3. The Hall–Kier alpha value is -4.11. The molecule has 0 atom stereocenters. The molecule has 0 aliphatic carbocycles. The number of para-hydroxylation sites is 1. The fraction of sp³-hybridized carbons (Fsp3) is 0.208. The molecule has 0 spiro atoms. The van der Waals surface area contributed by atoms with Crippen LogP contribution in [0.3, 0.4) is 0 Å². The molecule has 208 valence electrons. The third-order valence-corrected chi connectivity index (χ3v) is 6.28. The Balaban J connectivity index is 1.78. The second kappa shape index (κ2) is 12.2. The van der Waals surface area contributed by atoms with E-state index in [1.807, 2.05) is 0 Å². The highest BCUT2D eigenvalue weighted by molar-refractivity contribution is 7.92. The number of sulfonamides is 1. The molecule has 0 aliphatic rings. The maximum absolute atomic E-state index is 12.9. The first kappa shape index (κ1) is 29.4. The van der Waals surface area contributed by atoms with Gasteiger partial charge in [-0.05, 0) is 43.3 Å². The molecule has 0 fully saturated rings. The highest BCUT2D eigenvalue weighted by atomic mass is 32.2. The van der Waals surface area contributed by atoms with E-state index in [-0.39, 0.29) is 38.9 Å². The van der Waals surface area contributed by atoms with Gasteiger partial charge >= 0.3 is 18.3 Å². The zero-order valence-electron chi connectivity index (χ0n) is 20.3. The first-order valence-electron chi connectivity index (χ1n) is 11.0. The molecule has 15 heteroatoms. The number of carbonyl (C=O) groups is 3. The standard InChI is InChI=1S/C24H21F3N2O8S2/c1-3-35-23(32)17-12-19(16-9-4-5-10-18(16)37-24(25,26)27)38-21(17)28-20(30)13-36-22(31)14-7-6-8-15(11-14)29-39(2,33)34/h4-12,29H,3,13H2,1-2H3,(H,28,30). The van der Waals surface area contributed by atoms with E-state index in [0.29, 0.717) is 0 Å². The number of anilines is 2. The van der Waals surface area contributed by atoms with Gasteiger partial charge in [0.15, 0.2) is 6.61 Å². The molecular weight excluding hydrogens is 565 g/mol. The SMILES string of the molecule is CCOC(=O)c1cc(-c2ccccc2OC(F)(F)F)sc1NC(=O)COC(=O)c1cccc(NS(C)(=O)=O)c1. The van der Waals surface area contributed by atoms with Crippen molar-refractivity contribution in [2.75, 3.05) is 29.5 Å². The number of carbonyl (C=O) groups excluding carboxylic acids is 3. The van der Waals surface area contributed by atoms with Crippen LogP contribution in [-0.4, -0.2) is 52.1 Å². The van der Waals surface area contributed by atoms with Crippen LogP contribution in [0.1, 0.15) is 27.6 Å². The largest absolute Gasteiger partial charge is 0.573 e. The van der Waals surface area contributed by atoms with E-state index in [2.05, 4.69) is 14.8 Å². The number of amides is 1. The third kappa shape index (κ3) is 8.71. The Labute approximate surface area is 224 Å². The van der Waals surface area contributed by atoms with Crippen LogP contribution in [0, 0.1) is 0 Å². The van der Waals surface area contributed by atoms with E-state index in [9.17, 15) is 36.0 Å². The van der Waals surface area contributed by atoms with Crippen molar-refractivity contribution in [2.45, 2.75) is 13.3 Å². The number of ether oxygens (including phenoxy) is 3. The minimum Gasteiger partial charge on any atom is -0.462 e. The number of hydrogen-bond acceptors (Lipinski definition) is 9. The molecule has 2 aromatic carbocycles. The molecule has 2 N–H and O–H groups in total. The first-order chi connectivity index (χ1) is 18.3. The van der Waals surface area contributed by atoms with Crippen molar-refractivity contribution in [3.8, 4) is 16.2 Å². The molecule has 0 unspecified atom stereocenters. The predicted molar refractivity (Wildman–Crippen MR) is 136 cm³/mol. The first-order valence-corrected chi connectivity index (χ1v) is 13.7. The fourth-order valence-corrected chi connectivity index (χ4v) is 4.81. The number of esters is 2. The zero-order chi connectivity index (χ0) is 28.8. The van der Waals surface area contributed by atoms with Gasteiger partial charge in [0.25, 0.3) is 5.91 Å². The molecule has 3 rings (SSSR count). The van der Waals surface area contributed by atoms with Gasteiger partial charge in [0.1, 0.15) is 10.8 Å². The van der Waals surface area contributed by atoms with Gasteiger partial charge in [0.2, 0.25) is 10.0 Å². The summed E-state index contributed by atoms with van der Waals surface area (Å²) in [4.78, 5) is 37.5. The van der Waals surface area contributed by atoms with Crippen molar-refractivity contribution in [1.29, 1.82) is 0 Å². The lowest BCUT2D eigenvalue weighted by Gasteiger charge is -2.12. The Bertz CT molecular complexity index is 1490. The Morgan fingerprint density at radius 3 is 2.36 bits per heavy atom. The second-order valence-corrected chi connectivity index (χ2v) is 10.5. The maximum Gasteiger partial charge on any atom is 0.573 e. The van der Waals surface area contributed by atoms with Crippen LogP contribution >= 0.6 is 11.3 Å². The summed E-state index contributed by atoms with van der Waals surface area (Å²) >= 11 is 0.787. The van der Waals surface area contributed by atoms with Gasteiger partial charge < -0.3 is 19.5 Å². The second-order valence-electron chi connectivity index (χ2n) is 7.70. The van der Waals surface area contributed by atoms with Crippen molar-refractivity contribution in [1.82, 2.24) is 0 Å². The molecule has 39 heavy (non-hydrogen) atoms. The summed E-state index contributed by atoms with van der Waals surface area (Å²) in [6.45, 7) is 0.762. The molecule has 0 saturated heterocycles. The van der Waals surface area contributed by atoms with Crippen LogP contribution in [0.15, 0.2) is 54.6 Å². The lowest BCUT2D eigenvalue weighted by molar-refractivity contribution is -0.274. The monoisotopic (exact) mass is 586 g/mol. The lowest BCUT2D eigenvalue weighted by atomic mass is 10.1. The lowest BCUT2D eigenvalue weighted by Crippen LogP contribution is -2.21. The van der Waals surface area contributed by atoms with E-state index in [1.54, 1.807) is 6.92 Å². The smallest absolute Gasteiger partial charge is 0.462 e. The van der Waals surface area contributed by atoms with Crippen LogP contribution in [0.25, 0.3) is 10.4 Å². The number of benzene rings is 2. The van der Waals surface area contributed by atoms with Gasteiger partial charge in [-0.1, -0.05) is 18.2 Å². The molecule has 0 aliphatic heterocycles. The average molecular weight is 587 g/mol. The van der Waals surface area contributed by atoms with Crippen LogP contribution in [0.2, 0.25) is 0 Å². The van der Waals surface area contributed by atoms with Crippen molar-refractivity contribution in [3.05, 3.63) is 65.7 Å². The average Bonchev–Trinajstić information content (AvgIpc) is 3.24. The molecular formula is C24H21F3N2O8S2. The molecule has 3 aromatic rings. The van der Waals surface area contributed by atoms with Gasteiger partial charge in [0, 0.05) is 16.1 Å². The highest BCUT2D eigenvalue weighted by Gasteiger charge is 2.32. The fourth-order valence-electron chi connectivity index (χ4n) is 3.16. The van der Waals surface area contributed by atoms with Gasteiger partial charge in [-0.25, -0.2) is 18.0 Å². The highest BCUT2D eigenvalue weighted by Crippen LogP contribution is 2.41. The van der Waals surface area contributed by atoms with Gasteiger partial charge in [0.05, 0.1) is 24.0 Å². The van der Waals surface area contributed by atoms with E-state index in [0.717, 1.165) is 23.7 Å². The number of alkyl halides is 3. The van der Waals surface area contributed by atoms with Crippen LogP contribution < -0.4 is 14.8 Å². The third-order valence-electron chi connectivity index (χ3n) is 4.59. The topological polar surface area (TPSA) is 137 Å². The zero-order valence-corrected chi connectivity index (χ0v) is 22.0. The van der Waals surface area contributed by atoms with Crippen LogP contribution in [0.4, 0.5) is 23.9 Å². The number of rotatable bonds is 10. The molecule has 0 radical (unpaired) electrons. The van der Waals surface area contributed by atoms with E-state index >= 15 is 0 Å². The molecule has 0 bridgehead atoms. The summed E-state index contributed by atoms with van der Waals surface area (Å²) in [6.07, 6.45) is -4.02. The summed E-state index contributed by atoms with van der Waals surface area (Å²) in [5.74, 6) is -3.14. The molecule has 0 saturated carbocycles. The van der Waals surface area contributed by atoms with Gasteiger partial charge in [-0.3, -0.25) is 9.52 Å². The van der Waals surface area contributed by atoms with Gasteiger partial charge in [-0.2, -0.15) is 0 Å². The van der Waals surface area contributed by atoms with Crippen LogP contribution in [0.5, 0.6) is 5.75 Å². The normalized spacial score (nSPS) is 11.4. The minimum absolute atomic E-state index is 0.00393. The van der Waals surface area contributed by atoms with E-state index in [4.69, 9.17) is 9.47 Å². The van der Waals surface area contributed by atoms with Crippen LogP contribution in [-0.2, 0) is 24.3 Å². The van der Waals surface area contributed by atoms with Crippen molar-refractivity contribution < 1.29 is 50.2 Å². The maximum atomic E-state index is 12.9. The van der Waals surface area contributed by atoms with Crippen molar-refractivity contribution in [3.63, 3.8) is 0 Å². The Kier molecular flexibility index (Phi) is 9.19. The Morgan fingerprint density at radius 1 is 0.974 bits per heavy atom. The predicted octanol–water partition coefficient (Wildman–Crippen LogP) is 4.66. The number of hydrogen-bond donors (Lipinski definition) is 2. The number of thiophene rings is 1. The van der Waals surface area contributed by atoms with E-state index < -0.39 is 46.6 Å². The minimum atomic E-state index is -4.96. The molecule has 1 aromatic heterocycles. The summed E-state index contributed by atoms with van der Waals surface area (Å²) in [5, 5.41) is 2.35. The summed E-state index contributed by atoms with van der Waals surface area (Å²) < 4.78 is 77.6. The summed E-state index contributed by atoms with van der Waals surface area (Å²) in [5.41, 5.74) is -0.0440. The van der Waals surface area contributed by atoms with Crippen molar-refractivity contribution >= 4 is 49.9 Å². The molecule has 1 heterocycles.